The number of phenols is 1. The van der Waals surface area contributed by atoms with Gasteiger partial charge in [0.1, 0.15) is 24.0 Å². The molecule has 0 aromatic heterocycles. The first kappa shape index (κ1) is 10.8. The number of carbonyl (C=O) groups excluding carboxylic acids is 1. The van der Waals surface area contributed by atoms with Gasteiger partial charge in [-0.15, -0.1) is 0 Å². The highest BCUT2D eigenvalue weighted by Crippen LogP contribution is 2.44. The first-order valence-electron chi connectivity index (χ1n) is 4.57. The molecule has 1 aliphatic rings. The Kier molecular flexibility index (Phi) is 2.99. The van der Waals surface area contributed by atoms with Gasteiger partial charge in [0, 0.05) is 5.56 Å². The second kappa shape index (κ2) is 4.43. The average molecular weight is 242 g/mol. The molecule has 0 saturated carbocycles. The van der Waals surface area contributed by atoms with Crippen molar-refractivity contribution in [2.45, 2.75) is 6.54 Å². The molecule has 5 nitrogen and oxygen atoms in total. The van der Waals surface area contributed by atoms with E-state index in [1.807, 2.05) is 0 Å². The van der Waals surface area contributed by atoms with Crippen LogP contribution in [0.4, 0.5) is 0 Å². The second-order valence-corrected chi connectivity index (χ2v) is 3.51. The number of hydrogen-bond donors (Lipinski definition) is 1. The van der Waals surface area contributed by atoms with Crippen molar-refractivity contribution in [1.82, 2.24) is 0 Å². The van der Waals surface area contributed by atoms with Crippen LogP contribution in [-0.2, 0) is 11.3 Å². The zero-order valence-electron chi connectivity index (χ0n) is 8.20. The summed E-state index contributed by atoms with van der Waals surface area (Å²) < 4.78 is 10.6. The van der Waals surface area contributed by atoms with E-state index in [1.165, 1.54) is 6.08 Å². The molecule has 1 aromatic carbocycles. The Morgan fingerprint density at radius 2 is 2.25 bits per heavy atom. The van der Waals surface area contributed by atoms with Gasteiger partial charge < -0.3 is 14.6 Å². The Hall–Kier alpha value is -1.71. The van der Waals surface area contributed by atoms with Gasteiger partial charge in [-0.3, -0.25) is 0 Å². The zero-order chi connectivity index (χ0) is 11.5. The molecule has 0 fully saturated rings. The maximum atomic E-state index is 10.0. The molecule has 0 saturated heterocycles. The molecular weight excluding hydrogens is 234 g/mol. The fourth-order valence-electron chi connectivity index (χ4n) is 1.42. The van der Waals surface area contributed by atoms with Crippen molar-refractivity contribution in [1.29, 1.82) is 0 Å². The first-order chi connectivity index (χ1) is 7.74. The van der Waals surface area contributed by atoms with Gasteiger partial charge >= 0.3 is 0 Å². The average Bonchev–Trinajstić information content (AvgIpc) is 2.32. The van der Waals surface area contributed by atoms with Gasteiger partial charge in [-0.2, -0.15) is 0 Å². The predicted octanol–water partition coefficient (Wildman–Crippen LogP) is 1.65. The molecule has 6 heteroatoms. The Morgan fingerprint density at radius 1 is 1.50 bits per heavy atom. The Labute approximate surface area is 96.3 Å². The minimum absolute atomic E-state index is 0.00565. The molecule has 0 radical (unpaired) electrons. The number of isocyanates is 1. The van der Waals surface area contributed by atoms with E-state index < -0.39 is 0 Å². The molecule has 84 valence electrons. The molecule has 0 bridgehead atoms. The number of hydrogen-bond acceptors (Lipinski definition) is 5. The van der Waals surface area contributed by atoms with Crippen molar-refractivity contribution in [3.63, 3.8) is 0 Å². The number of rotatable bonds is 2. The summed E-state index contributed by atoms with van der Waals surface area (Å²) in [5.41, 5.74) is 0.401. The van der Waals surface area contributed by atoms with Gasteiger partial charge in [-0.05, 0) is 6.07 Å². The highest BCUT2D eigenvalue weighted by Gasteiger charge is 2.21. The minimum Gasteiger partial charge on any atom is -0.506 e. The number of aliphatic imine (C=N–C) groups is 1. The van der Waals surface area contributed by atoms with E-state index in [-0.39, 0.29) is 17.3 Å². The van der Waals surface area contributed by atoms with Crippen molar-refractivity contribution in [3.8, 4) is 17.2 Å². The van der Waals surface area contributed by atoms with Crippen LogP contribution in [0.15, 0.2) is 11.1 Å². The van der Waals surface area contributed by atoms with Crippen LogP contribution in [0.3, 0.4) is 0 Å². The van der Waals surface area contributed by atoms with Gasteiger partial charge in [-0.1, -0.05) is 11.6 Å². The van der Waals surface area contributed by atoms with Crippen molar-refractivity contribution in [2.24, 2.45) is 4.99 Å². The molecule has 1 aromatic rings. The van der Waals surface area contributed by atoms with Crippen LogP contribution in [0.25, 0.3) is 0 Å². The summed E-state index contributed by atoms with van der Waals surface area (Å²) in [6.45, 7) is 0.814. The summed E-state index contributed by atoms with van der Waals surface area (Å²) in [4.78, 5) is 13.4. The van der Waals surface area contributed by atoms with Crippen LogP contribution < -0.4 is 9.47 Å². The lowest BCUT2D eigenvalue weighted by Gasteiger charge is -2.20. The number of benzene rings is 1. The number of ether oxygens (including phenoxy) is 2. The van der Waals surface area contributed by atoms with Gasteiger partial charge in [0.15, 0.2) is 11.5 Å². The van der Waals surface area contributed by atoms with Crippen LogP contribution >= 0.6 is 11.6 Å². The van der Waals surface area contributed by atoms with E-state index in [4.69, 9.17) is 21.1 Å². The number of fused-ring (bicyclic) bond motifs is 1. The van der Waals surface area contributed by atoms with Crippen LogP contribution in [0, 0.1) is 0 Å². The lowest BCUT2D eigenvalue weighted by atomic mass is 10.1. The molecule has 2 rings (SSSR count). The highest BCUT2D eigenvalue weighted by atomic mass is 35.5. The van der Waals surface area contributed by atoms with E-state index in [0.717, 1.165) is 0 Å². The van der Waals surface area contributed by atoms with Crippen molar-refractivity contribution in [3.05, 3.63) is 16.7 Å². The van der Waals surface area contributed by atoms with E-state index in [9.17, 15) is 9.90 Å². The summed E-state index contributed by atoms with van der Waals surface area (Å²) >= 11 is 5.90. The SMILES string of the molecule is O=C=NCc1cc2c(c(Cl)c1O)OCCO2. The molecule has 0 aliphatic carbocycles. The van der Waals surface area contributed by atoms with Gasteiger partial charge in [-0.25, -0.2) is 9.79 Å². The van der Waals surface area contributed by atoms with Crippen LogP contribution in [0.2, 0.25) is 5.02 Å². The maximum absolute atomic E-state index is 10.0. The Morgan fingerprint density at radius 3 is 3.00 bits per heavy atom. The van der Waals surface area contributed by atoms with Crippen molar-refractivity contribution in [2.75, 3.05) is 13.2 Å². The summed E-state index contributed by atoms with van der Waals surface area (Å²) in [7, 11) is 0. The van der Waals surface area contributed by atoms with E-state index in [1.54, 1.807) is 6.07 Å². The fourth-order valence-corrected chi connectivity index (χ4v) is 1.69. The molecule has 0 spiro atoms. The van der Waals surface area contributed by atoms with Crippen LogP contribution in [-0.4, -0.2) is 24.4 Å². The molecule has 1 N–H and O–H groups in total. The largest absolute Gasteiger partial charge is 0.506 e. The number of halogens is 1. The molecule has 16 heavy (non-hydrogen) atoms. The zero-order valence-corrected chi connectivity index (χ0v) is 8.95. The number of phenolic OH excluding ortho intramolecular Hbond substituents is 1. The smallest absolute Gasteiger partial charge is 0.235 e. The number of aromatic hydroxyl groups is 1. The lowest BCUT2D eigenvalue weighted by molar-refractivity contribution is 0.171. The maximum Gasteiger partial charge on any atom is 0.235 e. The Bertz CT molecular complexity index is 468. The van der Waals surface area contributed by atoms with Gasteiger partial charge in [0.2, 0.25) is 6.08 Å². The normalized spacial score (nSPS) is 13.1. The third-order valence-corrected chi connectivity index (χ3v) is 2.49. The first-order valence-corrected chi connectivity index (χ1v) is 4.95. The minimum atomic E-state index is -0.148. The quantitative estimate of drug-likeness (QED) is 0.632. The molecule has 0 atom stereocenters. The molecular formula is C10H8ClNO4. The van der Waals surface area contributed by atoms with E-state index in [2.05, 4.69) is 4.99 Å². The summed E-state index contributed by atoms with van der Waals surface area (Å²) in [6.07, 6.45) is 1.39. The van der Waals surface area contributed by atoms with E-state index >= 15 is 0 Å². The third kappa shape index (κ3) is 1.83. The second-order valence-electron chi connectivity index (χ2n) is 3.13. The molecule has 0 amide bonds. The standard InChI is InChI=1S/C10H8ClNO4/c11-8-9(14)6(4-12-5-13)3-7-10(8)16-2-1-15-7/h3,14H,1-2,4H2. The van der Waals surface area contributed by atoms with Crippen molar-refractivity contribution < 1.29 is 19.4 Å². The lowest BCUT2D eigenvalue weighted by Crippen LogP contribution is -2.15. The predicted molar refractivity (Wildman–Crippen MR) is 55.9 cm³/mol. The van der Waals surface area contributed by atoms with Crippen LogP contribution in [0.5, 0.6) is 17.2 Å². The highest BCUT2D eigenvalue weighted by molar-refractivity contribution is 6.33. The van der Waals surface area contributed by atoms with Gasteiger partial charge in [0.25, 0.3) is 0 Å². The monoisotopic (exact) mass is 241 g/mol. The van der Waals surface area contributed by atoms with E-state index in [0.29, 0.717) is 30.3 Å². The Balaban J connectivity index is 2.47. The topological polar surface area (TPSA) is 68.1 Å². The molecule has 1 aliphatic heterocycles. The fraction of sp³-hybridized carbons (Fsp3) is 0.300. The van der Waals surface area contributed by atoms with Gasteiger partial charge in [0.05, 0.1) is 6.54 Å². The third-order valence-electron chi connectivity index (χ3n) is 2.14. The molecule has 0 unspecified atom stereocenters. The van der Waals surface area contributed by atoms with Crippen molar-refractivity contribution >= 4 is 17.7 Å². The van der Waals surface area contributed by atoms with Crippen LogP contribution in [0.1, 0.15) is 5.56 Å². The summed E-state index contributed by atoms with van der Waals surface area (Å²) in [5.74, 6) is 0.624. The molecule has 1 heterocycles. The summed E-state index contributed by atoms with van der Waals surface area (Å²) in [6, 6.07) is 1.55. The number of nitrogens with zero attached hydrogens (tertiary/aromatic N) is 1. The summed E-state index contributed by atoms with van der Waals surface area (Å²) in [5, 5.41) is 9.80.